The molecule has 6 nitrogen and oxygen atoms in total. The van der Waals surface area contributed by atoms with E-state index in [0.717, 1.165) is 5.69 Å². The van der Waals surface area contributed by atoms with Gasteiger partial charge in [0, 0.05) is 17.8 Å². The van der Waals surface area contributed by atoms with Crippen molar-refractivity contribution in [2.24, 2.45) is 0 Å². The van der Waals surface area contributed by atoms with Crippen molar-refractivity contribution in [1.82, 2.24) is 0 Å². The number of hydrogen-bond donors (Lipinski definition) is 1. The number of esters is 1. The molecule has 0 unspecified atom stereocenters. The Morgan fingerprint density at radius 2 is 1.85 bits per heavy atom. The molecule has 0 saturated heterocycles. The fourth-order valence-electron chi connectivity index (χ4n) is 2.53. The van der Waals surface area contributed by atoms with Crippen molar-refractivity contribution < 1.29 is 24.2 Å². The Labute approximate surface area is 158 Å². The summed E-state index contributed by atoms with van der Waals surface area (Å²) in [5, 5.41) is 9.57. The number of nitrogens with zero attached hydrogens (tertiary/aromatic N) is 1. The lowest BCUT2D eigenvalue weighted by molar-refractivity contribution is -0.143. The second kappa shape index (κ2) is 9.43. The Morgan fingerprint density at radius 3 is 2.48 bits per heavy atom. The highest BCUT2D eigenvalue weighted by Gasteiger charge is 2.19. The Kier molecular flexibility index (Phi) is 7.00. The van der Waals surface area contributed by atoms with Gasteiger partial charge in [0.1, 0.15) is 0 Å². The summed E-state index contributed by atoms with van der Waals surface area (Å²) in [6.07, 6.45) is 2.74. The van der Waals surface area contributed by atoms with Gasteiger partial charge >= 0.3 is 5.97 Å². The van der Waals surface area contributed by atoms with Crippen molar-refractivity contribution in [3.05, 3.63) is 60.2 Å². The van der Waals surface area contributed by atoms with Crippen LogP contribution in [0.4, 0.5) is 5.69 Å². The lowest BCUT2D eigenvalue weighted by Gasteiger charge is -2.26. The van der Waals surface area contributed by atoms with Crippen LogP contribution in [0, 0.1) is 0 Å². The number of carbonyl (C=O) groups is 2. The van der Waals surface area contributed by atoms with E-state index >= 15 is 0 Å². The van der Waals surface area contributed by atoms with Crippen LogP contribution in [0.1, 0.15) is 19.4 Å². The minimum Gasteiger partial charge on any atom is -0.504 e. The number of hydrogen-bond acceptors (Lipinski definition) is 5. The van der Waals surface area contributed by atoms with E-state index in [1.807, 2.05) is 44.2 Å². The highest BCUT2D eigenvalue weighted by atomic mass is 16.5. The number of ether oxygens (including phenoxy) is 2. The number of para-hydroxylation sites is 1. The second-order valence-electron chi connectivity index (χ2n) is 6.07. The van der Waals surface area contributed by atoms with E-state index in [1.165, 1.54) is 25.3 Å². The van der Waals surface area contributed by atoms with Gasteiger partial charge in [0.05, 0.1) is 7.11 Å². The van der Waals surface area contributed by atoms with Gasteiger partial charge in [-0.3, -0.25) is 4.79 Å². The summed E-state index contributed by atoms with van der Waals surface area (Å²) in [6, 6.07) is 13.8. The normalized spacial score (nSPS) is 10.8. The van der Waals surface area contributed by atoms with Gasteiger partial charge in [0.15, 0.2) is 18.1 Å². The maximum Gasteiger partial charge on any atom is 0.331 e. The Hall–Kier alpha value is -3.28. The van der Waals surface area contributed by atoms with Crippen molar-refractivity contribution in [2.75, 3.05) is 18.6 Å². The quantitative estimate of drug-likeness (QED) is 0.598. The number of amides is 1. The molecule has 1 amide bonds. The number of rotatable bonds is 7. The first-order valence-electron chi connectivity index (χ1n) is 8.51. The molecule has 2 aromatic carbocycles. The Bertz CT molecular complexity index is 815. The standard InChI is InChI=1S/C21H23NO5/c1-15(2)22(17-7-5-4-6-8-17)20(24)14-27-21(25)12-10-16-9-11-18(23)19(13-16)26-3/h4-13,15,23H,14H2,1-3H3/b12-10+. The second-order valence-corrected chi connectivity index (χ2v) is 6.07. The predicted octanol–water partition coefficient (Wildman–Crippen LogP) is 3.40. The fraction of sp³-hybridized carbons (Fsp3) is 0.238. The van der Waals surface area contributed by atoms with Crippen molar-refractivity contribution in [3.8, 4) is 11.5 Å². The molecular formula is C21H23NO5. The molecule has 0 aromatic heterocycles. The van der Waals surface area contributed by atoms with E-state index in [0.29, 0.717) is 11.3 Å². The van der Waals surface area contributed by atoms with E-state index in [-0.39, 0.29) is 24.3 Å². The predicted molar refractivity (Wildman–Crippen MR) is 104 cm³/mol. The zero-order valence-corrected chi connectivity index (χ0v) is 15.6. The molecule has 1 N–H and O–H groups in total. The maximum atomic E-state index is 12.5. The first-order chi connectivity index (χ1) is 12.9. The van der Waals surface area contributed by atoms with Gasteiger partial charge in [-0.15, -0.1) is 0 Å². The molecule has 2 rings (SSSR count). The monoisotopic (exact) mass is 369 g/mol. The van der Waals surface area contributed by atoms with Gasteiger partial charge in [-0.05, 0) is 49.8 Å². The van der Waals surface area contributed by atoms with Crippen molar-refractivity contribution in [3.63, 3.8) is 0 Å². The zero-order valence-electron chi connectivity index (χ0n) is 15.6. The molecular weight excluding hydrogens is 346 g/mol. The molecule has 0 aliphatic carbocycles. The van der Waals surface area contributed by atoms with Crippen LogP contribution in [0.3, 0.4) is 0 Å². The van der Waals surface area contributed by atoms with Gasteiger partial charge in [0.25, 0.3) is 5.91 Å². The summed E-state index contributed by atoms with van der Waals surface area (Å²) in [5.74, 6) is -0.620. The van der Waals surface area contributed by atoms with Crippen LogP contribution in [0.2, 0.25) is 0 Å². The number of methoxy groups -OCH3 is 1. The molecule has 0 radical (unpaired) electrons. The van der Waals surface area contributed by atoms with Crippen molar-refractivity contribution >= 4 is 23.6 Å². The molecule has 0 atom stereocenters. The minimum atomic E-state index is -0.632. The molecule has 0 bridgehead atoms. The summed E-state index contributed by atoms with van der Waals surface area (Å²) in [5.41, 5.74) is 1.40. The summed E-state index contributed by atoms with van der Waals surface area (Å²) >= 11 is 0. The first-order valence-corrected chi connectivity index (χ1v) is 8.51. The number of phenolic OH excluding ortho intramolecular Hbond substituents is 1. The van der Waals surface area contributed by atoms with E-state index in [9.17, 15) is 14.7 Å². The van der Waals surface area contributed by atoms with Crippen molar-refractivity contribution in [1.29, 1.82) is 0 Å². The molecule has 0 aliphatic rings. The highest BCUT2D eigenvalue weighted by molar-refractivity contribution is 5.96. The minimum absolute atomic E-state index is 0.0116. The molecule has 6 heteroatoms. The summed E-state index contributed by atoms with van der Waals surface area (Å²) < 4.78 is 10.1. The third-order valence-electron chi connectivity index (χ3n) is 3.77. The van der Waals surface area contributed by atoms with Crippen LogP contribution in [0.5, 0.6) is 11.5 Å². The van der Waals surface area contributed by atoms with E-state index in [1.54, 1.807) is 17.0 Å². The van der Waals surface area contributed by atoms with Gasteiger partial charge < -0.3 is 19.5 Å². The van der Waals surface area contributed by atoms with Gasteiger partial charge in [-0.1, -0.05) is 24.3 Å². The van der Waals surface area contributed by atoms with Gasteiger partial charge in [0.2, 0.25) is 0 Å². The highest BCUT2D eigenvalue weighted by Crippen LogP contribution is 2.26. The maximum absolute atomic E-state index is 12.5. The number of carbonyl (C=O) groups excluding carboxylic acids is 2. The largest absolute Gasteiger partial charge is 0.504 e. The van der Waals surface area contributed by atoms with E-state index in [4.69, 9.17) is 9.47 Å². The Balaban J connectivity index is 1.96. The summed E-state index contributed by atoms with van der Waals surface area (Å²) in [4.78, 5) is 26.0. The number of phenols is 1. The lowest BCUT2D eigenvalue weighted by Crippen LogP contribution is -2.39. The third-order valence-corrected chi connectivity index (χ3v) is 3.77. The van der Waals surface area contributed by atoms with Crippen LogP contribution >= 0.6 is 0 Å². The number of aromatic hydroxyl groups is 1. The number of anilines is 1. The van der Waals surface area contributed by atoms with Crippen molar-refractivity contribution in [2.45, 2.75) is 19.9 Å². The zero-order chi connectivity index (χ0) is 19.8. The fourth-order valence-corrected chi connectivity index (χ4v) is 2.53. The molecule has 0 saturated carbocycles. The van der Waals surface area contributed by atoms with Crippen LogP contribution < -0.4 is 9.64 Å². The molecule has 0 spiro atoms. The van der Waals surface area contributed by atoms with E-state index in [2.05, 4.69) is 0 Å². The van der Waals surface area contributed by atoms with Gasteiger partial charge in [-0.25, -0.2) is 4.79 Å². The lowest BCUT2D eigenvalue weighted by atomic mass is 10.2. The number of benzene rings is 2. The molecule has 0 aliphatic heterocycles. The molecule has 0 heterocycles. The SMILES string of the molecule is COc1cc(/C=C/C(=O)OCC(=O)N(c2ccccc2)C(C)C)ccc1O. The smallest absolute Gasteiger partial charge is 0.331 e. The molecule has 27 heavy (non-hydrogen) atoms. The third kappa shape index (κ3) is 5.60. The molecule has 142 valence electrons. The average molecular weight is 369 g/mol. The molecule has 2 aromatic rings. The van der Waals surface area contributed by atoms with Crippen LogP contribution in [-0.4, -0.2) is 36.7 Å². The summed E-state index contributed by atoms with van der Waals surface area (Å²) in [6.45, 7) is 3.44. The van der Waals surface area contributed by atoms with Gasteiger partial charge in [-0.2, -0.15) is 0 Å². The summed E-state index contributed by atoms with van der Waals surface area (Å²) in [7, 11) is 1.44. The average Bonchev–Trinajstić information content (AvgIpc) is 2.66. The van der Waals surface area contributed by atoms with Crippen LogP contribution in [-0.2, 0) is 14.3 Å². The first kappa shape index (κ1) is 20.0. The molecule has 0 fully saturated rings. The topological polar surface area (TPSA) is 76.1 Å². The van der Waals surface area contributed by atoms with E-state index < -0.39 is 5.97 Å². The Morgan fingerprint density at radius 1 is 1.15 bits per heavy atom. The van der Waals surface area contributed by atoms with Crippen LogP contribution in [0.25, 0.3) is 6.08 Å². The van der Waals surface area contributed by atoms with Crippen LogP contribution in [0.15, 0.2) is 54.6 Å².